The molecule has 0 saturated carbocycles. The number of ether oxygens (including phenoxy) is 2. The van der Waals surface area contributed by atoms with Crippen LogP contribution in [0.1, 0.15) is 43.9 Å². The number of aromatic nitrogens is 3. The second-order valence-electron chi connectivity index (χ2n) is 10.4. The molecule has 0 aliphatic carbocycles. The van der Waals surface area contributed by atoms with E-state index < -0.39 is 22.5 Å². The van der Waals surface area contributed by atoms with Gasteiger partial charge in [-0.05, 0) is 65.7 Å². The fourth-order valence-electron chi connectivity index (χ4n) is 5.56. The quantitative estimate of drug-likeness (QED) is 0.0807. The molecule has 11 nitrogen and oxygen atoms in total. The van der Waals surface area contributed by atoms with Gasteiger partial charge in [-0.3, -0.25) is 19.5 Å². The van der Waals surface area contributed by atoms with Gasteiger partial charge in [0.05, 0.1) is 34.4 Å². The van der Waals surface area contributed by atoms with E-state index in [0.29, 0.717) is 50.3 Å². The van der Waals surface area contributed by atoms with Gasteiger partial charge in [-0.15, -0.1) is 0 Å². The van der Waals surface area contributed by atoms with Crippen LogP contribution in [0.3, 0.4) is 0 Å². The Hall–Kier alpha value is -5.14. The van der Waals surface area contributed by atoms with Gasteiger partial charge in [0.2, 0.25) is 0 Å². The smallest absolute Gasteiger partial charge is 0.338 e. The van der Waals surface area contributed by atoms with Gasteiger partial charge in [0.25, 0.3) is 11.2 Å². The minimum absolute atomic E-state index is 0.129. The molecule has 1 aliphatic rings. The molecular weight excluding hydrogens is 639 g/mol. The molecule has 0 amide bonds. The first kappa shape index (κ1) is 31.8. The molecule has 1 aliphatic heterocycles. The molecule has 3 heterocycles. The lowest BCUT2D eigenvalue weighted by Gasteiger charge is -2.28. The number of rotatable bonds is 10. The Labute approximate surface area is 277 Å². The van der Waals surface area contributed by atoms with E-state index in [1.54, 1.807) is 44.6 Å². The largest absolute Gasteiger partial charge is 0.496 e. The molecule has 0 bridgehead atoms. The minimum Gasteiger partial charge on any atom is -0.496 e. The first-order chi connectivity index (χ1) is 22.8. The van der Waals surface area contributed by atoms with E-state index >= 15 is 0 Å². The molecule has 238 valence electrons. The number of nitrogens with zero attached hydrogens (tertiary/aromatic N) is 5. The average Bonchev–Trinajstić information content (AvgIpc) is 3.38. The van der Waals surface area contributed by atoms with Crippen molar-refractivity contribution in [2.75, 3.05) is 13.7 Å². The Morgan fingerprint density at radius 3 is 2.62 bits per heavy atom. The van der Waals surface area contributed by atoms with Gasteiger partial charge in [0.1, 0.15) is 11.8 Å². The van der Waals surface area contributed by atoms with Crippen LogP contribution in [-0.2, 0) is 9.53 Å². The van der Waals surface area contributed by atoms with Crippen molar-refractivity contribution in [1.29, 1.82) is 0 Å². The SMILES string of the molecule is CCCC1=C(C(=O)OCC)[C@@H](c2c(OC)ccc3ccccc23)n2c(s/c(=C/c3cc([N+](=O)[O-])ccc3Sc3ncccn3)c2=O)=N1. The third kappa shape index (κ3) is 6.19. The number of hydrogen-bond acceptors (Lipinski definition) is 11. The van der Waals surface area contributed by atoms with Crippen molar-refractivity contribution in [3.8, 4) is 5.75 Å². The average molecular weight is 668 g/mol. The summed E-state index contributed by atoms with van der Waals surface area (Å²) in [5.41, 5.74) is 1.35. The van der Waals surface area contributed by atoms with E-state index in [1.165, 1.54) is 28.5 Å². The molecule has 47 heavy (non-hydrogen) atoms. The summed E-state index contributed by atoms with van der Waals surface area (Å²) >= 11 is 2.38. The number of thiazole rings is 1. The van der Waals surface area contributed by atoms with Crippen LogP contribution in [0.5, 0.6) is 5.75 Å². The van der Waals surface area contributed by atoms with Gasteiger partial charge in [0, 0.05) is 35.0 Å². The Balaban J connectivity index is 1.65. The summed E-state index contributed by atoms with van der Waals surface area (Å²) in [7, 11) is 1.55. The number of nitro groups is 1. The third-order valence-corrected chi connectivity index (χ3v) is 9.52. The monoisotopic (exact) mass is 667 g/mol. The third-order valence-electron chi connectivity index (χ3n) is 7.55. The summed E-state index contributed by atoms with van der Waals surface area (Å²) in [4.78, 5) is 53.9. The van der Waals surface area contributed by atoms with Crippen molar-refractivity contribution >= 4 is 51.6 Å². The number of carbonyl (C=O) groups excluding carboxylic acids is 1. The van der Waals surface area contributed by atoms with Crippen molar-refractivity contribution in [1.82, 2.24) is 14.5 Å². The van der Waals surface area contributed by atoms with E-state index in [9.17, 15) is 19.7 Å². The zero-order valence-corrected chi connectivity index (χ0v) is 27.3. The maximum Gasteiger partial charge on any atom is 0.338 e. The summed E-state index contributed by atoms with van der Waals surface area (Å²) in [6, 6.07) is 16.7. The fourth-order valence-corrected chi connectivity index (χ4v) is 7.37. The van der Waals surface area contributed by atoms with Crippen LogP contribution in [0.4, 0.5) is 5.69 Å². The second kappa shape index (κ2) is 13.7. The van der Waals surface area contributed by atoms with Crippen molar-refractivity contribution in [2.45, 2.75) is 42.8 Å². The molecule has 0 fully saturated rings. The highest BCUT2D eigenvalue weighted by Crippen LogP contribution is 2.41. The molecule has 0 saturated heterocycles. The lowest BCUT2D eigenvalue weighted by molar-refractivity contribution is -0.384. The molecule has 3 aromatic carbocycles. The van der Waals surface area contributed by atoms with E-state index in [-0.39, 0.29) is 22.4 Å². The zero-order chi connectivity index (χ0) is 33.1. The molecule has 13 heteroatoms. The lowest BCUT2D eigenvalue weighted by Crippen LogP contribution is -2.40. The Bertz CT molecular complexity index is 2230. The molecule has 5 aromatic rings. The number of benzene rings is 3. The van der Waals surface area contributed by atoms with Gasteiger partial charge in [-0.2, -0.15) is 0 Å². The number of allylic oxidation sites excluding steroid dienone is 1. The number of methoxy groups -OCH3 is 1. The van der Waals surface area contributed by atoms with Gasteiger partial charge >= 0.3 is 5.97 Å². The Morgan fingerprint density at radius 2 is 1.89 bits per heavy atom. The summed E-state index contributed by atoms with van der Waals surface area (Å²) in [5.74, 6) is -0.0581. The predicted molar refractivity (Wildman–Crippen MR) is 179 cm³/mol. The summed E-state index contributed by atoms with van der Waals surface area (Å²) in [6.07, 6.45) is 6.01. The number of hydrogen-bond donors (Lipinski definition) is 0. The van der Waals surface area contributed by atoms with Gasteiger partial charge < -0.3 is 9.47 Å². The first-order valence-corrected chi connectivity index (χ1v) is 16.5. The van der Waals surface area contributed by atoms with Crippen LogP contribution in [-0.4, -0.2) is 39.1 Å². The van der Waals surface area contributed by atoms with Gasteiger partial charge in [0.15, 0.2) is 9.96 Å². The van der Waals surface area contributed by atoms with Crippen LogP contribution >= 0.6 is 23.1 Å². The number of nitro benzene ring substituents is 1. The normalized spacial score (nSPS) is 14.5. The van der Waals surface area contributed by atoms with Crippen LogP contribution in [0.2, 0.25) is 0 Å². The van der Waals surface area contributed by atoms with Crippen LogP contribution < -0.4 is 19.6 Å². The van der Waals surface area contributed by atoms with Gasteiger partial charge in [-0.1, -0.05) is 55.0 Å². The van der Waals surface area contributed by atoms with E-state index in [4.69, 9.17) is 14.5 Å². The molecule has 0 N–H and O–H groups in total. The second-order valence-corrected chi connectivity index (χ2v) is 12.4. The number of carbonyl (C=O) groups is 1. The summed E-state index contributed by atoms with van der Waals surface area (Å²) < 4.78 is 13.2. The molecule has 0 spiro atoms. The number of non-ortho nitro benzene ring substituents is 1. The number of fused-ring (bicyclic) bond motifs is 2. The van der Waals surface area contributed by atoms with E-state index in [1.807, 2.05) is 43.3 Å². The molecule has 2 aromatic heterocycles. The molecule has 1 atom stereocenters. The maximum absolute atomic E-state index is 14.5. The molecule has 6 rings (SSSR count). The van der Waals surface area contributed by atoms with E-state index in [0.717, 1.165) is 22.1 Å². The topological polar surface area (TPSA) is 139 Å². The standard InChI is InChI=1S/C34H29N5O6S2/c1-4-9-24-29(32(41)45-5-2)30(28-23-11-7-6-10-20(23)12-14-25(28)44-3)38-31(40)27(47-34(38)37-24)19-21-18-22(39(42)43)13-15-26(21)46-33-35-16-8-17-36-33/h6-8,10-19,30H,4-5,9H2,1-3H3/b27-19+/t30-/m1/s1. The van der Waals surface area contributed by atoms with Crippen LogP contribution in [0.25, 0.3) is 16.8 Å². The van der Waals surface area contributed by atoms with Crippen molar-refractivity contribution in [3.63, 3.8) is 0 Å². The van der Waals surface area contributed by atoms with E-state index in [2.05, 4.69) is 9.97 Å². The van der Waals surface area contributed by atoms with Crippen LogP contribution in [0.15, 0.2) is 104 Å². The fraction of sp³-hybridized carbons (Fsp3) is 0.206. The van der Waals surface area contributed by atoms with Crippen molar-refractivity contribution < 1.29 is 19.2 Å². The maximum atomic E-state index is 14.5. The highest BCUT2D eigenvalue weighted by molar-refractivity contribution is 7.99. The predicted octanol–water partition coefficient (Wildman–Crippen LogP) is 5.59. The molecule has 0 radical (unpaired) electrons. The van der Waals surface area contributed by atoms with Gasteiger partial charge in [-0.25, -0.2) is 19.8 Å². The number of esters is 1. The van der Waals surface area contributed by atoms with Crippen molar-refractivity contribution in [2.24, 2.45) is 4.99 Å². The molecule has 0 unspecified atom stereocenters. The minimum atomic E-state index is -0.910. The van der Waals surface area contributed by atoms with Crippen LogP contribution in [0, 0.1) is 10.1 Å². The lowest BCUT2D eigenvalue weighted by atomic mass is 9.90. The molecular formula is C34H29N5O6S2. The first-order valence-electron chi connectivity index (χ1n) is 14.9. The van der Waals surface area contributed by atoms with Crippen molar-refractivity contribution in [3.05, 3.63) is 125 Å². The highest BCUT2D eigenvalue weighted by atomic mass is 32.2. The highest BCUT2D eigenvalue weighted by Gasteiger charge is 2.37. The Morgan fingerprint density at radius 1 is 1.11 bits per heavy atom. The Kier molecular flexibility index (Phi) is 9.27. The summed E-state index contributed by atoms with van der Waals surface area (Å²) in [5, 5.41) is 13.9. The summed E-state index contributed by atoms with van der Waals surface area (Å²) in [6.45, 7) is 3.87. The zero-order valence-electron chi connectivity index (χ0n) is 25.7.